The Bertz CT molecular complexity index is 395. The van der Waals surface area contributed by atoms with Gasteiger partial charge in [-0.15, -0.1) is 5.54 Å². The maximum atomic E-state index is 12.5. The molecule has 1 aliphatic rings. The Morgan fingerprint density at radius 2 is 1.72 bits per heavy atom. The smallest absolute Gasteiger partial charge is 0.129 e. The van der Waals surface area contributed by atoms with Gasteiger partial charge in [0.2, 0.25) is 0 Å². The highest BCUT2D eigenvalue weighted by Crippen LogP contribution is 2.39. The zero-order valence-electron chi connectivity index (χ0n) is 13.0. The monoisotopic (exact) mass is 285 g/mol. The van der Waals surface area contributed by atoms with E-state index in [1.165, 1.54) is 0 Å². The number of hydrogen-bond donors (Lipinski definition) is 0. The van der Waals surface area contributed by atoms with Crippen molar-refractivity contribution in [3.8, 4) is 11.5 Å². The third-order valence-electron chi connectivity index (χ3n) is 2.80. The third-order valence-corrected chi connectivity index (χ3v) is 5.59. The molecule has 0 aromatic rings. The normalized spacial score (nSPS) is 29.7. The van der Waals surface area contributed by atoms with Crippen LogP contribution in [0.25, 0.3) is 0 Å². The Labute approximate surface area is 116 Å². The molecular weight excluding hydrogens is 258 g/mol. The van der Waals surface area contributed by atoms with E-state index < -0.39 is 19.1 Å². The van der Waals surface area contributed by atoms with E-state index in [0.717, 1.165) is 0 Å². The quantitative estimate of drug-likeness (QED) is 0.434. The standard InChI is InChI=1S/C14H27NOSSi/c1-11(2)13-12(9-10-18(6,7)8)15(13)17(16)14(3,4)5/h11-13H,1-8H3/t12-,13+,15?,17-/m1/s1. The van der Waals surface area contributed by atoms with Gasteiger partial charge < -0.3 is 0 Å². The van der Waals surface area contributed by atoms with E-state index in [2.05, 4.69) is 49.3 Å². The fourth-order valence-electron chi connectivity index (χ4n) is 1.86. The third kappa shape index (κ3) is 3.94. The molecule has 1 aliphatic heterocycles. The second kappa shape index (κ2) is 5.11. The maximum absolute atomic E-state index is 12.5. The Morgan fingerprint density at radius 1 is 1.22 bits per heavy atom. The van der Waals surface area contributed by atoms with Crippen LogP contribution in [0, 0.1) is 17.4 Å². The van der Waals surface area contributed by atoms with Crippen LogP contribution in [0.3, 0.4) is 0 Å². The first-order valence-electron chi connectivity index (χ1n) is 6.68. The summed E-state index contributed by atoms with van der Waals surface area (Å²) in [7, 11) is -2.28. The second-order valence-electron chi connectivity index (χ2n) is 7.42. The lowest BCUT2D eigenvalue weighted by Crippen LogP contribution is -2.29. The fourth-order valence-corrected chi connectivity index (χ4v) is 3.98. The molecule has 4 heteroatoms. The Kier molecular flexibility index (Phi) is 4.52. The molecule has 1 fully saturated rings. The molecule has 104 valence electrons. The number of hydrogen-bond acceptors (Lipinski definition) is 1. The molecule has 0 aromatic heterocycles. The van der Waals surface area contributed by atoms with Crippen molar-refractivity contribution in [3.63, 3.8) is 0 Å². The van der Waals surface area contributed by atoms with Crippen LogP contribution >= 0.6 is 0 Å². The molecule has 0 amide bonds. The van der Waals surface area contributed by atoms with Crippen molar-refractivity contribution in [2.45, 2.75) is 71.1 Å². The van der Waals surface area contributed by atoms with Gasteiger partial charge in [0.15, 0.2) is 0 Å². The van der Waals surface area contributed by atoms with Gasteiger partial charge in [0.05, 0.1) is 16.8 Å². The molecule has 4 atom stereocenters. The van der Waals surface area contributed by atoms with Crippen LogP contribution in [-0.4, -0.2) is 33.4 Å². The molecule has 1 rings (SSSR count). The Morgan fingerprint density at radius 3 is 2.06 bits per heavy atom. The fraction of sp³-hybridized carbons (Fsp3) is 0.857. The van der Waals surface area contributed by atoms with Crippen molar-refractivity contribution in [1.29, 1.82) is 0 Å². The van der Waals surface area contributed by atoms with E-state index in [4.69, 9.17) is 0 Å². The van der Waals surface area contributed by atoms with Crippen molar-refractivity contribution in [2.75, 3.05) is 0 Å². The van der Waals surface area contributed by atoms with E-state index in [-0.39, 0.29) is 10.8 Å². The predicted octanol–water partition coefficient (Wildman–Crippen LogP) is 3.04. The molecule has 0 radical (unpaired) electrons. The summed E-state index contributed by atoms with van der Waals surface area (Å²) in [5, 5.41) is 0. The van der Waals surface area contributed by atoms with Crippen molar-refractivity contribution in [2.24, 2.45) is 5.92 Å². The topological polar surface area (TPSA) is 20.1 Å². The first-order chi connectivity index (χ1) is 7.95. The van der Waals surface area contributed by atoms with Crippen molar-refractivity contribution in [3.05, 3.63) is 0 Å². The van der Waals surface area contributed by atoms with Crippen LogP contribution < -0.4 is 0 Å². The maximum Gasteiger partial charge on any atom is 0.129 e. The van der Waals surface area contributed by atoms with Gasteiger partial charge in [-0.05, 0) is 26.7 Å². The summed E-state index contributed by atoms with van der Waals surface area (Å²) in [5.41, 5.74) is 3.42. The van der Waals surface area contributed by atoms with Crippen LogP contribution in [0.1, 0.15) is 34.6 Å². The van der Waals surface area contributed by atoms with Crippen LogP contribution in [0.15, 0.2) is 0 Å². The molecular formula is C14H27NOSSi. The van der Waals surface area contributed by atoms with Gasteiger partial charge in [-0.25, -0.2) is 8.51 Å². The van der Waals surface area contributed by atoms with E-state index >= 15 is 0 Å². The minimum absolute atomic E-state index is 0.192. The van der Waals surface area contributed by atoms with Crippen LogP contribution in [0.4, 0.5) is 0 Å². The van der Waals surface area contributed by atoms with Gasteiger partial charge in [-0.3, -0.25) is 0 Å². The summed E-state index contributed by atoms with van der Waals surface area (Å²) in [6.45, 7) is 17.2. The van der Waals surface area contributed by atoms with Gasteiger partial charge in [0.1, 0.15) is 19.1 Å². The van der Waals surface area contributed by atoms with Gasteiger partial charge in [0, 0.05) is 0 Å². The van der Waals surface area contributed by atoms with E-state index in [1.807, 2.05) is 20.8 Å². The van der Waals surface area contributed by atoms with E-state index in [0.29, 0.717) is 12.0 Å². The number of nitrogens with zero attached hydrogens (tertiary/aromatic N) is 1. The first-order valence-corrected chi connectivity index (χ1v) is 11.3. The average Bonchev–Trinajstić information content (AvgIpc) is 2.84. The molecule has 2 nitrogen and oxygen atoms in total. The molecule has 1 unspecified atom stereocenters. The highest BCUT2D eigenvalue weighted by Gasteiger charge is 2.54. The number of rotatable bonds is 2. The lowest BCUT2D eigenvalue weighted by molar-refractivity contribution is 0.547. The minimum Gasteiger partial charge on any atom is -0.242 e. The Balaban J connectivity index is 2.86. The lowest BCUT2D eigenvalue weighted by atomic mass is 10.1. The molecule has 0 spiro atoms. The highest BCUT2D eigenvalue weighted by molar-refractivity contribution is 7.84. The minimum atomic E-state index is -1.34. The largest absolute Gasteiger partial charge is 0.242 e. The van der Waals surface area contributed by atoms with Gasteiger partial charge >= 0.3 is 0 Å². The van der Waals surface area contributed by atoms with Crippen molar-refractivity contribution >= 4 is 19.1 Å². The summed E-state index contributed by atoms with van der Waals surface area (Å²) in [4.78, 5) is 0. The van der Waals surface area contributed by atoms with E-state index in [9.17, 15) is 4.21 Å². The molecule has 1 saturated heterocycles. The zero-order chi connectivity index (χ0) is 14.3. The predicted molar refractivity (Wildman–Crippen MR) is 83.3 cm³/mol. The second-order valence-corrected chi connectivity index (χ2v) is 14.3. The summed E-state index contributed by atoms with van der Waals surface area (Å²) in [6.07, 6.45) is 0. The molecule has 0 aliphatic carbocycles. The Hall–Kier alpha value is -0.113. The summed E-state index contributed by atoms with van der Waals surface area (Å²) >= 11 is 0. The van der Waals surface area contributed by atoms with Gasteiger partial charge in [0.25, 0.3) is 0 Å². The highest BCUT2D eigenvalue weighted by atomic mass is 32.2. The van der Waals surface area contributed by atoms with Crippen molar-refractivity contribution < 1.29 is 4.21 Å². The zero-order valence-corrected chi connectivity index (χ0v) is 14.8. The summed E-state index contributed by atoms with van der Waals surface area (Å²) < 4.78 is 14.4. The molecule has 0 aromatic carbocycles. The van der Waals surface area contributed by atoms with Crippen LogP contribution in [-0.2, 0) is 11.0 Å². The summed E-state index contributed by atoms with van der Waals surface area (Å²) in [6, 6.07) is 0.575. The SMILES string of the molecule is CC(C)[C@H]1[C@@H](C#C[Si](C)(C)C)N1[S@](=O)C(C)(C)C. The molecule has 1 heterocycles. The molecule has 0 N–H and O–H groups in total. The summed E-state index contributed by atoms with van der Waals surface area (Å²) in [5.74, 6) is 3.89. The average molecular weight is 286 g/mol. The van der Waals surface area contributed by atoms with E-state index in [1.54, 1.807) is 0 Å². The van der Waals surface area contributed by atoms with Gasteiger partial charge in [-0.1, -0.05) is 39.4 Å². The lowest BCUT2D eigenvalue weighted by Gasteiger charge is -2.19. The van der Waals surface area contributed by atoms with Crippen LogP contribution in [0.5, 0.6) is 0 Å². The molecule has 0 bridgehead atoms. The van der Waals surface area contributed by atoms with Crippen molar-refractivity contribution in [1.82, 2.24) is 4.31 Å². The first kappa shape index (κ1) is 15.9. The molecule has 0 saturated carbocycles. The molecule has 18 heavy (non-hydrogen) atoms. The van der Waals surface area contributed by atoms with Crippen LogP contribution in [0.2, 0.25) is 19.6 Å². The van der Waals surface area contributed by atoms with Gasteiger partial charge in [-0.2, -0.15) is 0 Å².